The number of piperidine rings is 1. The number of anilines is 3. The standard InChI is InChI=1S/C20H22N4/c1-15-8-7-13-24(14-15)20-22-18-12-6-5-11-17(18)19(23-20)21-16-9-3-2-4-10-16/h2-6,9-12,15H,7-8,13-14H2,1H3,(H,21,22,23). The monoisotopic (exact) mass is 318 g/mol. The van der Waals surface area contributed by atoms with Gasteiger partial charge in [0.1, 0.15) is 5.82 Å². The van der Waals surface area contributed by atoms with Crippen LogP contribution in [-0.4, -0.2) is 23.1 Å². The van der Waals surface area contributed by atoms with Gasteiger partial charge < -0.3 is 10.2 Å². The highest BCUT2D eigenvalue weighted by Crippen LogP contribution is 2.28. The molecule has 4 nitrogen and oxygen atoms in total. The Hall–Kier alpha value is -2.62. The molecule has 0 aliphatic carbocycles. The van der Waals surface area contributed by atoms with E-state index < -0.39 is 0 Å². The van der Waals surface area contributed by atoms with E-state index in [1.165, 1.54) is 12.8 Å². The van der Waals surface area contributed by atoms with Crippen LogP contribution in [0.1, 0.15) is 19.8 Å². The fourth-order valence-corrected chi connectivity index (χ4v) is 3.33. The molecule has 1 saturated heterocycles. The maximum Gasteiger partial charge on any atom is 0.227 e. The lowest BCUT2D eigenvalue weighted by molar-refractivity contribution is 0.442. The molecule has 4 rings (SSSR count). The molecule has 4 heteroatoms. The first-order valence-electron chi connectivity index (χ1n) is 8.63. The predicted octanol–water partition coefficient (Wildman–Crippen LogP) is 4.61. The summed E-state index contributed by atoms with van der Waals surface area (Å²) in [6.07, 6.45) is 2.50. The largest absolute Gasteiger partial charge is 0.340 e. The van der Waals surface area contributed by atoms with Crippen molar-refractivity contribution >= 4 is 28.4 Å². The zero-order valence-electron chi connectivity index (χ0n) is 13.9. The van der Waals surface area contributed by atoms with Gasteiger partial charge in [-0.05, 0) is 43.0 Å². The summed E-state index contributed by atoms with van der Waals surface area (Å²) < 4.78 is 0. The van der Waals surface area contributed by atoms with Crippen LogP contribution in [0.3, 0.4) is 0 Å². The number of para-hydroxylation sites is 2. The first-order chi connectivity index (χ1) is 11.8. The number of rotatable bonds is 3. The Balaban J connectivity index is 1.76. The highest BCUT2D eigenvalue weighted by molar-refractivity contribution is 5.91. The molecule has 1 N–H and O–H groups in total. The average Bonchev–Trinajstić information content (AvgIpc) is 2.62. The number of benzene rings is 2. The van der Waals surface area contributed by atoms with Crippen LogP contribution in [0.2, 0.25) is 0 Å². The number of aromatic nitrogens is 2. The zero-order valence-corrected chi connectivity index (χ0v) is 13.9. The number of hydrogen-bond donors (Lipinski definition) is 1. The fraction of sp³-hybridized carbons (Fsp3) is 0.300. The van der Waals surface area contributed by atoms with Crippen molar-refractivity contribution in [2.75, 3.05) is 23.3 Å². The highest BCUT2D eigenvalue weighted by atomic mass is 15.3. The lowest BCUT2D eigenvalue weighted by Gasteiger charge is -2.31. The molecule has 0 spiro atoms. The van der Waals surface area contributed by atoms with Crippen LogP contribution in [0.25, 0.3) is 10.9 Å². The molecule has 122 valence electrons. The Bertz CT molecular complexity index is 831. The second-order valence-electron chi connectivity index (χ2n) is 6.57. The summed E-state index contributed by atoms with van der Waals surface area (Å²) in [7, 11) is 0. The van der Waals surface area contributed by atoms with Gasteiger partial charge in [-0.2, -0.15) is 4.98 Å². The quantitative estimate of drug-likeness (QED) is 0.765. The SMILES string of the molecule is CC1CCCN(c2nc(Nc3ccccc3)c3ccccc3n2)C1. The molecular weight excluding hydrogens is 296 g/mol. The first kappa shape index (κ1) is 14.9. The molecule has 0 saturated carbocycles. The molecule has 1 fully saturated rings. The summed E-state index contributed by atoms with van der Waals surface area (Å²) in [6, 6.07) is 18.4. The van der Waals surface area contributed by atoms with Crippen molar-refractivity contribution in [2.24, 2.45) is 5.92 Å². The van der Waals surface area contributed by atoms with Gasteiger partial charge in [-0.25, -0.2) is 4.98 Å². The van der Waals surface area contributed by atoms with Crippen molar-refractivity contribution in [3.8, 4) is 0 Å². The van der Waals surface area contributed by atoms with Gasteiger partial charge in [0.25, 0.3) is 0 Å². The molecule has 2 aromatic carbocycles. The Morgan fingerprint density at radius 3 is 2.62 bits per heavy atom. The van der Waals surface area contributed by atoms with E-state index in [1.54, 1.807) is 0 Å². The Labute approximate surface area is 142 Å². The van der Waals surface area contributed by atoms with Gasteiger partial charge in [-0.3, -0.25) is 0 Å². The van der Waals surface area contributed by atoms with Crippen molar-refractivity contribution in [1.29, 1.82) is 0 Å². The molecule has 0 amide bonds. The smallest absolute Gasteiger partial charge is 0.227 e. The van der Waals surface area contributed by atoms with E-state index >= 15 is 0 Å². The highest BCUT2D eigenvalue weighted by Gasteiger charge is 2.20. The Morgan fingerprint density at radius 1 is 1.00 bits per heavy atom. The van der Waals surface area contributed by atoms with Crippen molar-refractivity contribution in [1.82, 2.24) is 9.97 Å². The van der Waals surface area contributed by atoms with Crippen molar-refractivity contribution in [2.45, 2.75) is 19.8 Å². The third-order valence-electron chi connectivity index (χ3n) is 4.57. The molecule has 1 aromatic heterocycles. The van der Waals surface area contributed by atoms with Gasteiger partial charge in [0.15, 0.2) is 0 Å². The summed E-state index contributed by atoms with van der Waals surface area (Å²) >= 11 is 0. The van der Waals surface area contributed by atoms with E-state index in [0.29, 0.717) is 5.92 Å². The molecule has 3 aromatic rings. The van der Waals surface area contributed by atoms with Crippen LogP contribution >= 0.6 is 0 Å². The van der Waals surface area contributed by atoms with Gasteiger partial charge in [0.2, 0.25) is 5.95 Å². The molecule has 2 heterocycles. The minimum atomic E-state index is 0.694. The summed E-state index contributed by atoms with van der Waals surface area (Å²) in [5.41, 5.74) is 2.03. The van der Waals surface area contributed by atoms with Crippen LogP contribution in [0.5, 0.6) is 0 Å². The summed E-state index contributed by atoms with van der Waals surface area (Å²) in [5.74, 6) is 2.40. The lowest BCUT2D eigenvalue weighted by atomic mass is 10.0. The van der Waals surface area contributed by atoms with Crippen LogP contribution in [0.4, 0.5) is 17.5 Å². The van der Waals surface area contributed by atoms with E-state index in [9.17, 15) is 0 Å². The first-order valence-corrected chi connectivity index (χ1v) is 8.63. The van der Waals surface area contributed by atoms with Gasteiger partial charge in [-0.1, -0.05) is 37.3 Å². The third kappa shape index (κ3) is 3.04. The van der Waals surface area contributed by atoms with E-state index in [2.05, 4.69) is 41.4 Å². The molecule has 1 unspecified atom stereocenters. The molecule has 0 bridgehead atoms. The third-order valence-corrected chi connectivity index (χ3v) is 4.57. The van der Waals surface area contributed by atoms with Gasteiger partial charge in [0.05, 0.1) is 5.52 Å². The Morgan fingerprint density at radius 2 is 1.79 bits per heavy atom. The second-order valence-corrected chi connectivity index (χ2v) is 6.57. The van der Waals surface area contributed by atoms with Crippen molar-refractivity contribution < 1.29 is 0 Å². The lowest BCUT2D eigenvalue weighted by Crippen LogP contribution is -2.35. The number of nitrogens with one attached hydrogen (secondary N) is 1. The van der Waals surface area contributed by atoms with E-state index in [1.807, 2.05) is 30.3 Å². The topological polar surface area (TPSA) is 41.1 Å². The zero-order chi connectivity index (χ0) is 16.4. The molecule has 0 radical (unpaired) electrons. The van der Waals surface area contributed by atoms with E-state index in [0.717, 1.165) is 41.4 Å². The average molecular weight is 318 g/mol. The van der Waals surface area contributed by atoms with Crippen molar-refractivity contribution in [3.05, 3.63) is 54.6 Å². The maximum atomic E-state index is 4.86. The molecule has 1 aliphatic rings. The van der Waals surface area contributed by atoms with Gasteiger partial charge in [-0.15, -0.1) is 0 Å². The van der Waals surface area contributed by atoms with Gasteiger partial charge in [0, 0.05) is 24.2 Å². The summed E-state index contributed by atoms with van der Waals surface area (Å²) in [6.45, 7) is 4.37. The summed E-state index contributed by atoms with van der Waals surface area (Å²) in [5, 5.41) is 4.51. The molecule has 1 atom stereocenters. The van der Waals surface area contributed by atoms with E-state index in [4.69, 9.17) is 9.97 Å². The van der Waals surface area contributed by atoms with Crippen LogP contribution in [0, 0.1) is 5.92 Å². The fourth-order valence-electron chi connectivity index (χ4n) is 3.33. The molecular formula is C20H22N4. The van der Waals surface area contributed by atoms with Gasteiger partial charge >= 0.3 is 0 Å². The van der Waals surface area contributed by atoms with E-state index in [-0.39, 0.29) is 0 Å². The minimum Gasteiger partial charge on any atom is -0.340 e. The molecule has 24 heavy (non-hydrogen) atoms. The minimum absolute atomic E-state index is 0.694. The Kier molecular flexibility index (Phi) is 4.03. The van der Waals surface area contributed by atoms with Crippen LogP contribution in [0.15, 0.2) is 54.6 Å². The molecule has 1 aliphatic heterocycles. The predicted molar refractivity (Wildman–Crippen MR) is 99.9 cm³/mol. The number of fused-ring (bicyclic) bond motifs is 1. The number of nitrogens with zero attached hydrogens (tertiary/aromatic N) is 3. The summed E-state index contributed by atoms with van der Waals surface area (Å²) in [4.78, 5) is 12.0. The number of hydrogen-bond acceptors (Lipinski definition) is 4. The van der Waals surface area contributed by atoms with Crippen LogP contribution in [-0.2, 0) is 0 Å². The maximum absolute atomic E-state index is 4.86. The van der Waals surface area contributed by atoms with Crippen LogP contribution < -0.4 is 10.2 Å². The normalized spacial score (nSPS) is 17.9. The van der Waals surface area contributed by atoms with Crippen molar-refractivity contribution in [3.63, 3.8) is 0 Å². The second kappa shape index (κ2) is 6.48.